The Morgan fingerprint density at radius 1 is 1.35 bits per heavy atom. The van der Waals surface area contributed by atoms with Crippen LogP contribution < -0.4 is 5.73 Å². The monoisotopic (exact) mass is 259 g/mol. The fourth-order valence-corrected chi connectivity index (χ4v) is 3.99. The molecule has 1 saturated carbocycles. The van der Waals surface area contributed by atoms with Gasteiger partial charge in [-0.15, -0.1) is 0 Å². The van der Waals surface area contributed by atoms with E-state index in [4.69, 9.17) is 10.2 Å². The zero-order chi connectivity index (χ0) is 13.5. The Hall–Kier alpha value is 0.0969. The molecule has 0 amide bonds. The van der Waals surface area contributed by atoms with Gasteiger partial charge in [0.2, 0.25) is 0 Å². The molecule has 3 nitrogen and oxygen atoms in total. The number of aliphatic hydroxyl groups excluding tert-OH is 1. The van der Waals surface area contributed by atoms with Gasteiger partial charge in [-0.2, -0.15) is 0 Å². The first-order chi connectivity index (χ1) is 7.50. The molecular formula is C13H29NO2Si. The van der Waals surface area contributed by atoms with Gasteiger partial charge in [0.15, 0.2) is 8.32 Å². The molecule has 0 saturated heterocycles. The summed E-state index contributed by atoms with van der Waals surface area (Å²) in [7, 11) is -1.85. The number of hydrogen-bond acceptors (Lipinski definition) is 3. The van der Waals surface area contributed by atoms with Crippen molar-refractivity contribution in [1.82, 2.24) is 0 Å². The molecular weight excluding hydrogens is 230 g/mol. The summed E-state index contributed by atoms with van der Waals surface area (Å²) in [4.78, 5) is 0. The van der Waals surface area contributed by atoms with Gasteiger partial charge in [-0.25, -0.2) is 0 Å². The van der Waals surface area contributed by atoms with Gasteiger partial charge in [-0.05, 0) is 44.3 Å². The van der Waals surface area contributed by atoms with E-state index in [-0.39, 0.29) is 11.1 Å². The molecule has 4 heteroatoms. The summed E-state index contributed by atoms with van der Waals surface area (Å²) in [5.74, 6) is 0. The number of aliphatic hydroxyl groups is 1. The highest BCUT2D eigenvalue weighted by Crippen LogP contribution is 2.42. The Bertz CT molecular complexity index is 275. The maximum absolute atomic E-state index is 10.3. The van der Waals surface area contributed by atoms with Crippen LogP contribution in [0.15, 0.2) is 0 Å². The van der Waals surface area contributed by atoms with Gasteiger partial charge in [0.25, 0.3) is 0 Å². The van der Waals surface area contributed by atoms with E-state index in [2.05, 4.69) is 33.9 Å². The summed E-state index contributed by atoms with van der Waals surface area (Å²) in [6.45, 7) is 13.1. The van der Waals surface area contributed by atoms with Crippen LogP contribution in [0.1, 0.15) is 47.0 Å². The molecule has 3 atom stereocenters. The second-order valence-corrected chi connectivity index (χ2v) is 11.9. The SMILES string of the molecule is CC(C)(C)[Si](C)(C)O[C@]1(C)CCC[C@H](N)C1O. The minimum Gasteiger partial charge on any atom is -0.409 e. The van der Waals surface area contributed by atoms with Crippen LogP contribution in [0.25, 0.3) is 0 Å². The molecule has 3 N–H and O–H groups in total. The number of nitrogens with two attached hydrogens (primary N) is 1. The summed E-state index contributed by atoms with van der Waals surface area (Å²) >= 11 is 0. The average molecular weight is 259 g/mol. The summed E-state index contributed by atoms with van der Waals surface area (Å²) in [5.41, 5.74) is 5.51. The minimum absolute atomic E-state index is 0.140. The standard InChI is InChI=1S/C13H29NO2Si/c1-12(2,3)17(5,6)16-13(4)9-7-8-10(14)11(13)15/h10-11,15H,7-9,14H2,1-6H3/t10-,11?,13+/m0/s1. The topological polar surface area (TPSA) is 55.5 Å². The highest BCUT2D eigenvalue weighted by Gasteiger charge is 2.48. The molecule has 1 aliphatic rings. The van der Waals surface area contributed by atoms with Crippen molar-refractivity contribution in [2.45, 2.75) is 82.8 Å². The summed E-state index contributed by atoms with van der Waals surface area (Å²) in [6.07, 6.45) is 2.32. The van der Waals surface area contributed by atoms with Crippen molar-refractivity contribution < 1.29 is 9.53 Å². The highest BCUT2D eigenvalue weighted by molar-refractivity contribution is 6.74. The van der Waals surface area contributed by atoms with E-state index in [1.165, 1.54) is 0 Å². The Kier molecular flexibility index (Phi) is 4.14. The minimum atomic E-state index is -1.85. The molecule has 0 aromatic rings. The molecule has 0 aromatic carbocycles. The normalized spacial score (nSPS) is 36.0. The van der Waals surface area contributed by atoms with Crippen molar-refractivity contribution >= 4 is 8.32 Å². The molecule has 1 fully saturated rings. The molecule has 0 heterocycles. The van der Waals surface area contributed by atoms with Crippen LogP contribution in [0, 0.1) is 0 Å². The summed E-state index contributed by atoms with van der Waals surface area (Å²) in [5, 5.41) is 10.5. The first-order valence-corrected chi connectivity index (χ1v) is 9.54. The van der Waals surface area contributed by atoms with E-state index in [1.807, 2.05) is 6.92 Å². The quantitative estimate of drug-likeness (QED) is 0.750. The molecule has 0 spiro atoms. The fourth-order valence-electron chi connectivity index (χ4n) is 2.29. The van der Waals surface area contributed by atoms with E-state index >= 15 is 0 Å². The average Bonchev–Trinajstić information content (AvgIpc) is 2.11. The zero-order valence-electron chi connectivity index (χ0n) is 12.2. The van der Waals surface area contributed by atoms with Gasteiger partial charge in [-0.3, -0.25) is 0 Å². The Morgan fingerprint density at radius 3 is 2.35 bits per heavy atom. The van der Waals surface area contributed by atoms with Gasteiger partial charge in [0.05, 0.1) is 11.7 Å². The molecule has 0 aliphatic heterocycles. The van der Waals surface area contributed by atoms with Gasteiger partial charge in [0.1, 0.15) is 0 Å². The Morgan fingerprint density at radius 2 is 1.88 bits per heavy atom. The predicted molar refractivity (Wildman–Crippen MR) is 74.5 cm³/mol. The van der Waals surface area contributed by atoms with Crippen molar-refractivity contribution in [3.05, 3.63) is 0 Å². The van der Waals surface area contributed by atoms with Crippen molar-refractivity contribution in [1.29, 1.82) is 0 Å². The van der Waals surface area contributed by atoms with Gasteiger partial charge in [-0.1, -0.05) is 20.8 Å². The Labute approximate surface area is 107 Å². The number of rotatable bonds is 2. The van der Waals surface area contributed by atoms with E-state index in [9.17, 15) is 5.11 Å². The summed E-state index contributed by atoms with van der Waals surface area (Å²) < 4.78 is 6.42. The van der Waals surface area contributed by atoms with Gasteiger partial charge < -0.3 is 15.3 Å². The van der Waals surface area contributed by atoms with E-state index in [0.717, 1.165) is 19.3 Å². The molecule has 0 bridgehead atoms. The van der Waals surface area contributed by atoms with Crippen LogP contribution in [0.2, 0.25) is 18.1 Å². The summed E-state index contributed by atoms with van der Waals surface area (Å²) in [6, 6.07) is -0.140. The maximum Gasteiger partial charge on any atom is 0.192 e. The molecule has 0 aromatic heterocycles. The smallest absolute Gasteiger partial charge is 0.192 e. The molecule has 1 aliphatic carbocycles. The molecule has 1 unspecified atom stereocenters. The van der Waals surface area contributed by atoms with Crippen LogP contribution in [-0.2, 0) is 4.43 Å². The third kappa shape index (κ3) is 3.11. The van der Waals surface area contributed by atoms with Crippen molar-refractivity contribution in [3.8, 4) is 0 Å². The molecule has 0 radical (unpaired) electrons. The molecule has 102 valence electrons. The third-order valence-electron chi connectivity index (χ3n) is 4.54. The first kappa shape index (κ1) is 15.2. The lowest BCUT2D eigenvalue weighted by Gasteiger charge is -2.49. The van der Waals surface area contributed by atoms with Crippen LogP contribution in [0.4, 0.5) is 0 Å². The lowest BCUT2D eigenvalue weighted by Crippen LogP contribution is -2.60. The van der Waals surface area contributed by atoms with Crippen LogP contribution >= 0.6 is 0 Å². The highest BCUT2D eigenvalue weighted by atomic mass is 28.4. The van der Waals surface area contributed by atoms with Crippen molar-refractivity contribution in [3.63, 3.8) is 0 Å². The van der Waals surface area contributed by atoms with E-state index in [1.54, 1.807) is 0 Å². The Balaban J connectivity index is 2.85. The zero-order valence-corrected chi connectivity index (χ0v) is 13.2. The van der Waals surface area contributed by atoms with E-state index in [0.29, 0.717) is 0 Å². The maximum atomic E-state index is 10.3. The van der Waals surface area contributed by atoms with Crippen molar-refractivity contribution in [2.75, 3.05) is 0 Å². The fraction of sp³-hybridized carbons (Fsp3) is 1.00. The van der Waals surface area contributed by atoms with Crippen LogP contribution in [0.3, 0.4) is 0 Å². The second-order valence-electron chi connectivity index (χ2n) is 7.18. The lowest BCUT2D eigenvalue weighted by atomic mass is 9.81. The number of hydrogen-bond donors (Lipinski definition) is 2. The largest absolute Gasteiger partial charge is 0.409 e. The van der Waals surface area contributed by atoms with E-state index < -0.39 is 20.0 Å². The second kappa shape index (κ2) is 4.65. The first-order valence-electron chi connectivity index (χ1n) is 6.63. The molecule has 17 heavy (non-hydrogen) atoms. The predicted octanol–water partition coefficient (Wildman–Crippen LogP) is 2.64. The van der Waals surface area contributed by atoms with Gasteiger partial charge >= 0.3 is 0 Å². The van der Waals surface area contributed by atoms with Crippen molar-refractivity contribution in [2.24, 2.45) is 5.73 Å². The van der Waals surface area contributed by atoms with Gasteiger partial charge in [0, 0.05) is 6.04 Å². The van der Waals surface area contributed by atoms with Crippen LogP contribution in [-0.4, -0.2) is 31.2 Å². The third-order valence-corrected chi connectivity index (χ3v) is 9.13. The van der Waals surface area contributed by atoms with Crippen LogP contribution in [0.5, 0.6) is 0 Å². The lowest BCUT2D eigenvalue weighted by molar-refractivity contribution is -0.0854. The molecule has 1 rings (SSSR count).